The number of pyridine rings is 1. The first-order valence-electron chi connectivity index (χ1n) is 7.02. The van der Waals surface area contributed by atoms with Gasteiger partial charge in [0.25, 0.3) is 0 Å². The van der Waals surface area contributed by atoms with Crippen molar-refractivity contribution in [2.45, 2.75) is 18.5 Å². The monoisotopic (exact) mass is 322 g/mol. The maximum atomic E-state index is 13.0. The van der Waals surface area contributed by atoms with Crippen molar-refractivity contribution in [3.63, 3.8) is 0 Å². The van der Waals surface area contributed by atoms with Crippen LogP contribution in [-0.4, -0.2) is 10.9 Å². The lowest BCUT2D eigenvalue weighted by Crippen LogP contribution is -2.20. The van der Waals surface area contributed by atoms with Crippen LogP contribution < -0.4 is 10.7 Å². The van der Waals surface area contributed by atoms with Crippen molar-refractivity contribution in [1.29, 1.82) is 0 Å². The van der Waals surface area contributed by atoms with E-state index in [1.54, 1.807) is 0 Å². The van der Waals surface area contributed by atoms with Crippen LogP contribution in [-0.2, 0) is 11.0 Å². The number of rotatable bonds is 3. The molecule has 0 aliphatic heterocycles. The lowest BCUT2D eigenvalue weighted by atomic mass is 10.0. The molecule has 0 bridgehead atoms. The third kappa shape index (κ3) is 3.13. The average molecular weight is 322 g/mol. The van der Waals surface area contributed by atoms with Gasteiger partial charge < -0.3 is 10.3 Å². The number of carbonyl (C=O) groups is 1. The molecule has 23 heavy (non-hydrogen) atoms. The lowest BCUT2D eigenvalue weighted by Gasteiger charge is -2.12. The number of anilines is 1. The Kier molecular flexibility index (Phi) is 3.71. The molecule has 1 aromatic heterocycles. The van der Waals surface area contributed by atoms with Crippen LogP contribution >= 0.6 is 0 Å². The van der Waals surface area contributed by atoms with Crippen molar-refractivity contribution in [3.05, 3.63) is 64.1 Å². The second-order valence-corrected chi connectivity index (χ2v) is 5.45. The number of nitrogens with one attached hydrogen (secondary N) is 2. The second-order valence-electron chi connectivity index (χ2n) is 5.45. The molecule has 1 aliphatic carbocycles. The van der Waals surface area contributed by atoms with E-state index in [1.165, 1.54) is 36.7 Å². The third-order valence-electron chi connectivity index (χ3n) is 3.87. The van der Waals surface area contributed by atoms with E-state index in [9.17, 15) is 22.8 Å². The fourth-order valence-corrected chi connectivity index (χ4v) is 2.65. The number of halogens is 3. The first-order chi connectivity index (χ1) is 10.9. The van der Waals surface area contributed by atoms with Crippen molar-refractivity contribution in [3.8, 4) is 0 Å². The fourth-order valence-electron chi connectivity index (χ4n) is 2.65. The van der Waals surface area contributed by atoms with Crippen LogP contribution in [0.25, 0.3) is 0 Å². The fraction of sp³-hybridized carbons (Fsp3) is 0.250. The van der Waals surface area contributed by atoms with E-state index in [2.05, 4.69) is 10.3 Å². The molecule has 120 valence electrons. The highest BCUT2D eigenvalue weighted by Crippen LogP contribution is 2.51. The van der Waals surface area contributed by atoms with Crippen molar-refractivity contribution in [2.24, 2.45) is 5.92 Å². The number of H-pyrrole nitrogens is 1. The molecule has 1 aromatic carbocycles. The van der Waals surface area contributed by atoms with Crippen molar-refractivity contribution < 1.29 is 18.0 Å². The van der Waals surface area contributed by atoms with Gasteiger partial charge in [0.1, 0.15) is 5.69 Å². The zero-order chi connectivity index (χ0) is 16.6. The van der Waals surface area contributed by atoms with E-state index in [0.717, 1.165) is 6.07 Å². The van der Waals surface area contributed by atoms with Gasteiger partial charge in [0.2, 0.25) is 11.3 Å². The average Bonchev–Trinajstić information content (AvgIpc) is 3.29. The Balaban J connectivity index is 1.77. The Morgan fingerprint density at radius 2 is 1.96 bits per heavy atom. The summed E-state index contributed by atoms with van der Waals surface area (Å²) >= 11 is 0. The minimum Gasteiger partial charge on any atom is -0.366 e. The maximum Gasteiger partial charge on any atom is 0.416 e. The van der Waals surface area contributed by atoms with Gasteiger partial charge in [-0.05, 0) is 24.0 Å². The highest BCUT2D eigenvalue weighted by atomic mass is 19.4. The SMILES string of the molecule is O=C(Nc1c[nH]ccc1=O)[C@@H]1C[C@H]1c1ccccc1C(F)(F)F. The minimum atomic E-state index is -4.45. The molecule has 0 saturated heterocycles. The standard InChI is InChI=1S/C16H13F3N2O2/c17-16(18,19)12-4-2-1-3-9(12)10-7-11(10)15(23)21-13-8-20-6-5-14(13)22/h1-6,8,10-11H,7H2,(H,20,22)(H,21,23)/t10-,11+/m0/s1. The van der Waals surface area contributed by atoms with Gasteiger partial charge in [-0.1, -0.05) is 18.2 Å². The number of aromatic amines is 1. The van der Waals surface area contributed by atoms with Crippen molar-refractivity contribution in [2.75, 3.05) is 5.32 Å². The number of amides is 1. The summed E-state index contributed by atoms with van der Waals surface area (Å²) in [6.45, 7) is 0. The third-order valence-corrected chi connectivity index (χ3v) is 3.87. The zero-order valence-electron chi connectivity index (χ0n) is 11.9. The molecule has 0 spiro atoms. The number of aromatic nitrogens is 1. The summed E-state index contributed by atoms with van der Waals surface area (Å²) in [4.78, 5) is 26.4. The maximum absolute atomic E-state index is 13.0. The van der Waals surface area contributed by atoms with Crippen LogP contribution in [0.3, 0.4) is 0 Å². The molecule has 7 heteroatoms. The summed E-state index contributed by atoms with van der Waals surface area (Å²) in [5.74, 6) is -1.47. The Morgan fingerprint density at radius 3 is 2.65 bits per heavy atom. The van der Waals surface area contributed by atoms with Gasteiger partial charge in [0.15, 0.2) is 0 Å². The van der Waals surface area contributed by atoms with E-state index >= 15 is 0 Å². The molecule has 0 radical (unpaired) electrons. The largest absolute Gasteiger partial charge is 0.416 e. The van der Waals surface area contributed by atoms with Gasteiger partial charge >= 0.3 is 6.18 Å². The van der Waals surface area contributed by atoms with Crippen LogP contribution in [0.5, 0.6) is 0 Å². The molecular formula is C16H13F3N2O2. The van der Waals surface area contributed by atoms with E-state index in [-0.39, 0.29) is 16.7 Å². The van der Waals surface area contributed by atoms with Crippen LogP contribution in [0.2, 0.25) is 0 Å². The molecule has 2 aromatic rings. The molecule has 0 unspecified atom stereocenters. The topological polar surface area (TPSA) is 62.0 Å². The number of hydrogen-bond acceptors (Lipinski definition) is 2. The Morgan fingerprint density at radius 1 is 1.22 bits per heavy atom. The molecule has 1 fully saturated rings. The van der Waals surface area contributed by atoms with Crippen molar-refractivity contribution in [1.82, 2.24) is 4.98 Å². The molecule has 2 atom stereocenters. The summed E-state index contributed by atoms with van der Waals surface area (Å²) < 4.78 is 39.1. The molecular weight excluding hydrogens is 309 g/mol. The molecule has 2 N–H and O–H groups in total. The predicted octanol–water partition coefficient (Wildman–Crippen LogP) is 3.14. The summed E-state index contributed by atoms with van der Waals surface area (Å²) in [7, 11) is 0. The highest BCUT2D eigenvalue weighted by molar-refractivity contribution is 5.95. The van der Waals surface area contributed by atoms with Gasteiger partial charge in [-0.15, -0.1) is 0 Å². The molecule has 1 aliphatic rings. The van der Waals surface area contributed by atoms with E-state index in [4.69, 9.17) is 0 Å². The lowest BCUT2D eigenvalue weighted by molar-refractivity contribution is -0.138. The highest BCUT2D eigenvalue weighted by Gasteiger charge is 2.47. The number of hydrogen-bond donors (Lipinski definition) is 2. The molecule has 1 heterocycles. The Labute approximate surface area is 129 Å². The molecule has 4 nitrogen and oxygen atoms in total. The van der Waals surface area contributed by atoms with Gasteiger partial charge in [-0.25, -0.2) is 0 Å². The summed E-state index contributed by atoms with van der Waals surface area (Å²) in [5, 5.41) is 2.47. The normalized spacial score (nSPS) is 20.1. The van der Waals surface area contributed by atoms with E-state index < -0.39 is 29.5 Å². The van der Waals surface area contributed by atoms with Gasteiger partial charge in [-0.2, -0.15) is 13.2 Å². The quantitative estimate of drug-likeness (QED) is 0.912. The molecule has 3 rings (SSSR count). The van der Waals surface area contributed by atoms with E-state index in [0.29, 0.717) is 6.42 Å². The predicted molar refractivity (Wildman–Crippen MR) is 78.0 cm³/mol. The Bertz CT molecular complexity index is 798. The first-order valence-corrected chi connectivity index (χ1v) is 7.02. The first kappa shape index (κ1) is 15.3. The van der Waals surface area contributed by atoms with E-state index in [1.807, 2.05) is 0 Å². The zero-order valence-corrected chi connectivity index (χ0v) is 11.9. The molecule has 1 amide bonds. The van der Waals surface area contributed by atoms with Gasteiger partial charge in [0.05, 0.1) is 5.56 Å². The molecule has 1 saturated carbocycles. The van der Waals surface area contributed by atoms with Crippen LogP contribution in [0.4, 0.5) is 18.9 Å². The van der Waals surface area contributed by atoms with Crippen LogP contribution in [0, 0.1) is 5.92 Å². The summed E-state index contributed by atoms with van der Waals surface area (Å²) in [6.07, 6.45) is -1.33. The van der Waals surface area contributed by atoms with Gasteiger partial charge in [0, 0.05) is 24.4 Å². The summed E-state index contributed by atoms with van der Waals surface area (Å²) in [6, 6.07) is 6.53. The summed E-state index contributed by atoms with van der Waals surface area (Å²) in [5.41, 5.74) is -0.850. The number of carbonyl (C=O) groups excluding carboxylic acids is 1. The number of alkyl halides is 3. The van der Waals surface area contributed by atoms with Crippen LogP contribution in [0.15, 0.2) is 47.5 Å². The second kappa shape index (κ2) is 5.57. The Hall–Kier alpha value is -2.57. The minimum absolute atomic E-state index is 0.0901. The van der Waals surface area contributed by atoms with Gasteiger partial charge in [-0.3, -0.25) is 9.59 Å². The van der Waals surface area contributed by atoms with Crippen molar-refractivity contribution >= 4 is 11.6 Å². The smallest absolute Gasteiger partial charge is 0.366 e. The van der Waals surface area contributed by atoms with Crippen LogP contribution in [0.1, 0.15) is 23.5 Å². The number of benzene rings is 1.